The molecule has 2 aromatic carbocycles. The first-order valence-corrected chi connectivity index (χ1v) is 9.49. The van der Waals surface area contributed by atoms with E-state index in [0.29, 0.717) is 0 Å². The number of nitrogens with one attached hydrogen (secondary N) is 1. The van der Waals surface area contributed by atoms with Gasteiger partial charge in [-0.3, -0.25) is 8.93 Å². The standard InChI is InChI=1S/C13H10Cl2FNO4S2/c14-9-3-4-13(11(16)5-9)23(20,21)17-12-6-10(15)2-1-8(12)7-22(18)19/h1-6,17H,7H2,(H,18,19)/p-1. The molecular formula is C13H9Cl2FNO4S2-. The molecule has 1 unspecified atom stereocenters. The Balaban J connectivity index is 2.44. The second-order valence-electron chi connectivity index (χ2n) is 4.43. The van der Waals surface area contributed by atoms with Crippen LogP contribution in [-0.2, 0) is 26.9 Å². The van der Waals surface area contributed by atoms with Crippen molar-refractivity contribution in [1.29, 1.82) is 0 Å². The summed E-state index contributed by atoms with van der Waals surface area (Å²) in [5, 5.41) is 0.242. The zero-order valence-corrected chi connectivity index (χ0v) is 14.4. The minimum absolute atomic E-state index is 0.0453. The molecule has 0 amide bonds. The van der Waals surface area contributed by atoms with E-state index >= 15 is 0 Å². The van der Waals surface area contributed by atoms with Crippen molar-refractivity contribution in [2.75, 3.05) is 4.72 Å². The third-order valence-electron chi connectivity index (χ3n) is 2.77. The summed E-state index contributed by atoms with van der Waals surface area (Å²) in [7, 11) is -4.28. The highest BCUT2D eigenvalue weighted by Crippen LogP contribution is 2.26. The lowest BCUT2D eigenvalue weighted by Gasteiger charge is -2.14. The number of hydrogen-bond acceptors (Lipinski definition) is 4. The Hall–Kier alpha value is -1.19. The van der Waals surface area contributed by atoms with Crippen LogP contribution < -0.4 is 4.72 Å². The molecule has 0 saturated carbocycles. The summed E-state index contributed by atoms with van der Waals surface area (Å²) in [5.41, 5.74) is 0.136. The summed E-state index contributed by atoms with van der Waals surface area (Å²) < 4.78 is 62.2. The molecular weight excluding hydrogens is 388 g/mol. The van der Waals surface area contributed by atoms with Gasteiger partial charge in [-0.15, -0.1) is 0 Å². The molecule has 0 aliphatic rings. The molecule has 1 N–H and O–H groups in total. The predicted octanol–water partition coefficient (Wildman–Crippen LogP) is 3.31. The largest absolute Gasteiger partial charge is 0.772 e. The van der Waals surface area contributed by atoms with Crippen LogP contribution in [0.25, 0.3) is 0 Å². The maximum atomic E-state index is 13.8. The van der Waals surface area contributed by atoms with Gasteiger partial charge >= 0.3 is 0 Å². The third-order valence-corrected chi connectivity index (χ3v) is 5.19. The number of anilines is 1. The molecule has 0 heterocycles. The summed E-state index contributed by atoms with van der Waals surface area (Å²) in [4.78, 5) is -0.615. The van der Waals surface area contributed by atoms with Gasteiger partial charge in [0.2, 0.25) is 0 Å². The molecule has 0 fully saturated rings. The van der Waals surface area contributed by atoms with Crippen molar-refractivity contribution in [3.05, 3.63) is 57.8 Å². The van der Waals surface area contributed by atoms with Crippen molar-refractivity contribution >= 4 is 50.0 Å². The van der Waals surface area contributed by atoms with Crippen LogP contribution in [-0.4, -0.2) is 17.2 Å². The van der Waals surface area contributed by atoms with E-state index in [1.165, 1.54) is 24.3 Å². The molecule has 124 valence electrons. The lowest BCUT2D eigenvalue weighted by Crippen LogP contribution is -2.16. The van der Waals surface area contributed by atoms with Crippen molar-refractivity contribution in [2.45, 2.75) is 10.6 Å². The summed E-state index contributed by atoms with van der Waals surface area (Å²) in [5.74, 6) is -1.45. The summed E-state index contributed by atoms with van der Waals surface area (Å²) in [6.07, 6.45) is 0. The van der Waals surface area contributed by atoms with Gasteiger partial charge in [-0.2, -0.15) is 0 Å². The van der Waals surface area contributed by atoms with Crippen LogP contribution in [0.2, 0.25) is 10.0 Å². The van der Waals surface area contributed by atoms with Crippen LogP contribution >= 0.6 is 23.2 Å². The van der Waals surface area contributed by atoms with Crippen molar-refractivity contribution in [1.82, 2.24) is 0 Å². The first kappa shape index (κ1) is 18.2. The molecule has 5 nitrogen and oxygen atoms in total. The number of hydrogen-bond donors (Lipinski definition) is 1. The van der Waals surface area contributed by atoms with Crippen LogP contribution in [0.5, 0.6) is 0 Å². The van der Waals surface area contributed by atoms with E-state index in [9.17, 15) is 21.6 Å². The highest BCUT2D eigenvalue weighted by Gasteiger charge is 2.21. The Morgan fingerprint density at radius 3 is 2.35 bits per heavy atom. The van der Waals surface area contributed by atoms with E-state index in [4.69, 9.17) is 23.2 Å². The zero-order chi connectivity index (χ0) is 17.2. The lowest BCUT2D eigenvalue weighted by atomic mass is 10.2. The van der Waals surface area contributed by atoms with E-state index in [1.54, 1.807) is 0 Å². The van der Waals surface area contributed by atoms with E-state index < -0.39 is 37.6 Å². The Bertz CT molecular complexity index is 874. The Labute approximate surface area is 144 Å². The number of sulfonamides is 1. The molecule has 1 atom stereocenters. The maximum absolute atomic E-state index is 13.8. The van der Waals surface area contributed by atoms with Crippen molar-refractivity contribution in [3.8, 4) is 0 Å². The fourth-order valence-electron chi connectivity index (χ4n) is 1.79. The average Bonchev–Trinajstić information content (AvgIpc) is 2.40. The highest BCUT2D eigenvalue weighted by molar-refractivity contribution is 7.92. The van der Waals surface area contributed by atoms with Crippen LogP contribution in [0.4, 0.5) is 10.1 Å². The van der Waals surface area contributed by atoms with Gasteiger partial charge in [0.05, 0.1) is 5.69 Å². The Kier molecular flexibility index (Phi) is 5.64. The van der Waals surface area contributed by atoms with Crippen LogP contribution in [0.1, 0.15) is 5.56 Å². The molecule has 0 saturated heterocycles. The topological polar surface area (TPSA) is 86.3 Å². The first-order valence-electron chi connectivity index (χ1n) is 6.01. The van der Waals surface area contributed by atoms with Crippen LogP contribution in [0.15, 0.2) is 41.3 Å². The monoisotopic (exact) mass is 396 g/mol. The molecule has 10 heteroatoms. The number of benzene rings is 2. The Morgan fingerprint density at radius 1 is 1.13 bits per heavy atom. The van der Waals surface area contributed by atoms with Gasteiger partial charge in [0.25, 0.3) is 10.0 Å². The van der Waals surface area contributed by atoms with E-state index in [-0.39, 0.29) is 21.3 Å². The second kappa shape index (κ2) is 7.14. The molecule has 23 heavy (non-hydrogen) atoms. The van der Waals surface area contributed by atoms with Gasteiger partial charge < -0.3 is 4.55 Å². The SMILES string of the molecule is O=S([O-])Cc1ccc(Cl)cc1NS(=O)(=O)c1ccc(Cl)cc1F. The molecule has 0 bridgehead atoms. The van der Waals surface area contributed by atoms with Crippen LogP contribution in [0, 0.1) is 5.82 Å². The number of rotatable bonds is 5. The molecule has 0 aliphatic heterocycles. The zero-order valence-electron chi connectivity index (χ0n) is 11.3. The van der Waals surface area contributed by atoms with Gasteiger partial charge in [-0.05, 0) is 35.9 Å². The Morgan fingerprint density at radius 2 is 1.74 bits per heavy atom. The summed E-state index contributed by atoms with van der Waals surface area (Å²) in [6, 6.07) is 7.14. The van der Waals surface area contributed by atoms with E-state index in [0.717, 1.165) is 12.1 Å². The fraction of sp³-hybridized carbons (Fsp3) is 0.0769. The second-order valence-corrected chi connectivity index (χ2v) is 7.85. The normalized spacial score (nSPS) is 12.9. The van der Waals surface area contributed by atoms with Gasteiger partial charge in [-0.25, -0.2) is 12.8 Å². The summed E-state index contributed by atoms with van der Waals surface area (Å²) >= 11 is 8.96. The van der Waals surface area contributed by atoms with Gasteiger partial charge in [0, 0.05) is 15.8 Å². The van der Waals surface area contributed by atoms with Crippen molar-refractivity contribution < 1.29 is 21.6 Å². The molecule has 0 aliphatic carbocycles. The number of halogens is 3. The van der Waals surface area contributed by atoms with Crippen molar-refractivity contribution in [2.24, 2.45) is 0 Å². The lowest BCUT2D eigenvalue weighted by molar-refractivity contribution is 0.536. The summed E-state index contributed by atoms with van der Waals surface area (Å²) in [6.45, 7) is 0. The van der Waals surface area contributed by atoms with Gasteiger partial charge in [0.15, 0.2) is 0 Å². The smallest absolute Gasteiger partial charge is 0.264 e. The third kappa shape index (κ3) is 4.65. The van der Waals surface area contributed by atoms with Crippen LogP contribution in [0.3, 0.4) is 0 Å². The minimum atomic E-state index is -4.28. The van der Waals surface area contributed by atoms with E-state index in [1.807, 2.05) is 0 Å². The predicted molar refractivity (Wildman–Crippen MR) is 86.3 cm³/mol. The van der Waals surface area contributed by atoms with Crippen molar-refractivity contribution in [3.63, 3.8) is 0 Å². The molecule has 0 radical (unpaired) electrons. The maximum Gasteiger partial charge on any atom is 0.264 e. The quantitative estimate of drug-likeness (QED) is 0.785. The molecule has 2 aromatic rings. The first-order chi connectivity index (χ1) is 10.7. The minimum Gasteiger partial charge on any atom is -0.772 e. The van der Waals surface area contributed by atoms with Gasteiger partial charge in [0.1, 0.15) is 10.7 Å². The molecule has 0 aromatic heterocycles. The average molecular weight is 397 g/mol. The van der Waals surface area contributed by atoms with Gasteiger partial charge in [-0.1, -0.05) is 40.3 Å². The molecule has 2 rings (SSSR count). The highest BCUT2D eigenvalue weighted by atomic mass is 35.5. The fourth-order valence-corrected chi connectivity index (χ4v) is 3.78. The van der Waals surface area contributed by atoms with E-state index in [2.05, 4.69) is 4.72 Å². The molecule has 0 spiro atoms.